The van der Waals surface area contributed by atoms with Crippen molar-refractivity contribution >= 4 is 0 Å². The lowest BCUT2D eigenvalue weighted by atomic mass is 10.1. The van der Waals surface area contributed by atoms with Gasteiger partial charge in [-0.25, -0.2) is 0 Å². The third-order valence-corrected chi connectivity index (χ3v) is 2.79. The number of benzene rings is 1. The molecule has 0 spiro atoms. The summed E-state index contributed by atoms with van der Waals surface area (Å²) >= 11 is 0. The summed E-state index contributed by atoms with van der Waals surface area (Å²) in [6.45, 7) is 6.62. The number of nitrogens with zero attached hydrogens (tertiary/aromatic N) is 2. The zero-order valence-electron chi connectivity index (χ0n) is 10.6. The molecule has 0 amide bonds. The van der Waals surface area contributed by atoms with E-state index in [4.69, 9.17) is 0 Å². The van der Waals surface area contributed by atoms with Crippen LogP contribution in [0.2, 0.25) is 0 Å². The number of hydrogen-bond acceptors (Lipinski definition) is 4. The molecular weight excluding hydrogens is 226 g/mol. The highest BCUT2D eigenvalue weighted by molar-refractivity contribution is 5.61. The first-order valence-electron chi connectivity index (χ1n) is 6.21. The van der Waals surface area contributed by atoms with Gasteiger partial charge in [0, 0.05) is 31.7 Å². The van der Waals surface area contributed by atoms with Crippen LogP contribution in [-0.4, -0.2) is 41.6 Å². The molecular formula is C13H19N5. The largest absolute Gasteiger partial charge is 0.314 e. The molecule has 0 aliphatic carbocycles. The predicted octanol–water partition coefficient (Wildman–Crippen LogP) is 0.959. The third kappa shape index (κ3) is 3.65. The Morgan fingerprint density at radius 1 is 1.00 bits per heavy atom. The van der Waals surface area contributed by atoms with Crippen LogP contribution in [0.1, 0.15) is 5.56 Å². The molecule has 2 heterocycles. The SMILES string of the molecule is C1CNCCN1.Cc1ccccc1-c1cn[nH]n1. The average Bonchev–Trinajstić information content (AvgIpc) is 2.96. The molecule has 2 aromatic rings. The van der Waals surface area contributed by atoms with Gasteiger partial charge in [0.15, 0.2) is 0 Å². The fourth-order valence-corrected chi connectivity index (χ4v) is 1.80. The summed E-state index contributed by atoms with van der Waals surface area (Å²) in [6, 6.07) is 8.10. The van der Waals surface area contributed by atoms with E-state index < -0.39 is 0 Å². The van der Waals surface area contributed by atoms with Gasteiger partial charge in [-0.2, -0.15) is 15.4 Å². The number of hydrogen-bond donors (Lipinski definition) is 3. The first-order valence-corrected chi connectivity index (χ1v) is 6.21. The van der Waals surface area contributed by atoms with Crippen LogP contribution in [0.3, 0.4) is 0 Å². The van der Waals surface area contributed by atoms with Crippen LogP contribution in [0, 0.1) is 6.92 Å². The fourth-order valence-electron chi connectivity index (χ4n) is 1.80. The average molecular weight is 245 g/mol. The quantitative estimate of drug-likeness (QED) is 0.700. The van der Waals surface area contributed by atoms with Crippen molar-refractivity contribution < 1.29 is 0 Å². The third-order valence-electron chi connectivity index (χ3n) is 2.79. The van der Waals surface area contributed by atoms with Gasteiger partial charge in [0.2, 0.25) is 0 Å². The van der Waals surface area contributed by atoms with E-state index in [1.54, 1.807) is 6.20 Å². The summed E-state index contributed by atoms with van der Waals surface area (Å²) in [7, 11) is 0. The van der Waals surface area contributed by atoms with Crippen molar-refractivity contribution in [3.63, 3.8) is 0 Å². The van der Waals surface area contributed by atoms with Gasteiger partial charge in [0.05, 0.1) is 6.20 Å². The molecule has 5 heteroatoms. The van der Waals surface area contributed by atoms with Crippen LogP contribution < -0.4 is 10.6 Å². The monoisotopic (exact) mass is 245 g/mol. The number of nitrogens with one attached hydrogen (secondary N) is 3. The minimum atomic E-state index is 0.896. The Morgan fingerprint density at radius 3 is 2.17 bits per heavy atom. The molecule has 1 saturated heterocycles. The van der Waals surface area contributed by atoms with Gasteiger partial charge in [-0.05, 0) is 12.5 Å². The maximum atomic E-state index is 4.01. The molecule has 1 aliphatic heterocycles. The summed E-state index contributed by atoms with van der Waals surface area (Å²) < 4.78 is 0. The van der Waals surface area contributed by atoms with E-state index in [1.165, 1.54) is 5.56 Å². The van der Waals surface area contributed by atoms with E-state index in [9.17, 15) is 0 Å². The predicted molar refractivity (Wildman–Crippen MR) is 72.3 cm³/mol. The summed E-state index contributed by atoms with van der Waals surface area (Å²) in [4.78, 5) is 0. The van der Waals surface area contributed by atoms with Gasteiger partial charge in [0.25, 0.3) is 0 Å². The van der Waals surface area contributed by atoms with Crippen molar-refractivity contribution in [3.8, 4) is 11.3 Å². The Kier molecular flexibility index (Phi) is 4.87. The molecule has 1 fully saturated rings. The van der Waals surface area contributed by atoms with E-state index in [1.807, 2.05) is 18.2 Å². The molecule has 0 bridgehead atoms. The number of piperazine rings is 1. The highest BCUT2D eigenvalue weighted by Crippen LogP contribution is 2.18. The standard InChI is InChI=1S/C9H9N3.C4H10N2/c1-7-4-2-3-5-8(7)9-6-10-12-11-9;1-2-6-4-3-5-1/h2-6H,1H3,(H,10,11,12);5-6H,1-4H2. The van der Waals surface area contributed by atoms with Crippen molar-refractivity contribution in [1.82, 2.24) is 26.0 Å². The van der Waals surface area contributed by atoms with Gasteiger partial charge in [-0.15, -0.1) is 0 Å². The Balaban J connectivity index is 0.000000169. The Hall–Kier alpha value is -1.72. The van der Waals surface area contributed by atoms with Crippen LogP contribution in [0.4, 0.5) is 0 Å². The van der Waals surface area contributed by atoms with Crippen molar-refractivity contribution in [3.05, 3.63) is 36.0 Å². The van der Waals surface area contributed by atoms with Crippen LogP contribution in [0.15, 0.2) is 30.5 Å². The second-order valence-electron chi connectivity index (χ2n) is 4.17. The van der Waals surface area contributed by atoms with Gasteiger partial charge in [-0.3, -0.25) is 0 Å². The fraction of sp³-hybridized carbons (Fsp3) is 0.385. The maximum absolute atomic E-state index is 4.01. The minimum Gasteiger partial charge on any atom is -0.314 e. The van der Waals surface area contributed by atoms with E-state index in [0.29, 0.717) is 0 Å². The van der Waals surface area contributed by atoms with E-state index in [2.05, 4.69) is 39.0 Å². The maximum Gasteiger partial charge on any atom is 0.113 e. The van der Waals surface area contributed by atoms with Crippen LogP contribution >= 0.6 is 0 Å². The lowest BCUT2D eigenvalue weighted by Gasteiger charge is -2.11. The molecule has 0 radical (unpaired) electrons. The molecule has 1 aromatic heterocycles. The molecule has 18 heavy (non-hydrogen) atoms. The molecule has 1 aliphatic rings. The number of aromatic amines is 1. The number of aryl methyl sites for hydroxylation is 1. The van der Waals surface area contributed by atoms with Crippen LogP contribution in [0.25, 0.3) is 11.3 Å². The molecule has 3 N–H and O–H groups in total. The van der Waals surface area contributed by atoms with Crippen molar-refractivity contribution in [1.29, 1.82) is 0 Å². The highest BCUT2D eigenvalue weighted by atomic mass is 15.3. The normalized spacial score (nSPS) is 14.7. The molecule has 5 nitrogen and oxygen atoms in total. The Bertz CT molecular complexity index is 437. The molecule has 1 aromatic carbocycles. The molecule has 96 valence electrons. The summed E-state index contributed by atoms with van der Waals surface area (Å²) in [6.07, 6.45) is 1.72. The number of H-pyrrole nitrogens is 1. The molecule has 0 atom stereocenters. The second kappa shape index (κ2) is 6.88. The van der Waals surface area contributed by atoms with Crippen molar-refractivity contribution in [2.75, 3.05) is 26.2 Å². The molecule has 0 unspecified atom stereocenters. The second-order valence-corrected chi connectivity index (χ2v) is 4.17. The minimum absolute atomic E-state index is 0.896. The van der Waals surface area contributed by atoms with E-state index >= 15 is 0 Å². The lowest BCUT2D eigenvalue weighted by molar-refractivity contribution is 0.534. The van der Waals surface area contributed by atoms with Crippen molar-refractivity contribution in [2.45, 2.75) is 6.92 Å². The number of aromatic nitrogens is 3. The van der Waals surface area contributed by atoms with Gasteiger partial charge >= 0.3 is 0 Å². The Labute approximate surface area is 107 Å². The number of rotatable bonds is 1. The molecule has 0 saturated carbocycles. The Morgan fingerprint density at radius 2 is 1.67 bits per heavy atom. The van der Waals surface area contributed by atoms with E-state index in [-0.39, 0.29) is 0 Å². The summed E-state index contributed by atoms with van der Waals surface area (Å²) in [5.74, 6) is 0. The lowest BCUT2D eigenvalue weighted by Crippen LogP contribution is -2.39. The topological polar surface area (TPSA) is 65.6 Å². The first-order chi connectivity index (χ1) is 8.88. The zero-order chi connectivity index (χ0) is 12.6. The summed E-state index contributed by atoms with van der Waals surface area (Å²) in [5, 5.41) is 16.8. The van der Waals surface area contributed by atoms with Crippen molar-refractivity contribution in [2.24, 2.45) is 0 Å². The molecule has 3 rings (SSSR count). The summed E-state index contributed by atoms with van der Waals surface area (Å²) in [5.41, 5.74) is 3.24. The van der Waals surface area contributed by atoms with Crippen LogP contribution in [0.5, 0.6) is 0 Å². The smallest absolute Gasteiger partial charge is 0.113 e. The zero-order valence-corrected chi connectivity index (χ0v) is 10.6. The van der Waals surface area contributed by atoms with Crippen LogP contribution in [-0.2, 0) is 0 Å². The first kappa shape index (κ1) is 12.7. The highest BCUT2D eigenvalue weighted by Gasteiger charge is 2.01. The van der Waals surface area contributed by atoms with Gasteiger partial charge < -0.3 is 10.6 Å². The van der Waals surface area contributed by atoms with E-state index in [0.717, 1.165) is 37.4 Å². The van der Waals surface area contributed by atoms with Gasteiger partial charge in [0.1, 0.15) is 5.69 Å². The van der Waals surface area contributed by atoms with Gasteiger partial charge in [-0.1, -0.05) is 24.3 Å².